The number of carbonyl (C=O) groups is 1. The van der Waals surface area contributed by atoms with E-state index in [-0.39, 0.29) is 6.04 Å². The van der Waals surface area contributed by atoms with Crippen molar-refractivity contribution in [3.8, 4) is 0 Å². The molecular formula is C15H19ClN2O. The van der Waals surface area contributed by atoms with Crippen molar-refractivity contribution in [3.63, 3.8) is 0 Å². The summed E-state index contributed by atoms with van der Waals surface area (Å²) in [6, 6.07) is 2.45. The molecule has 1 aromatic heterocycles. The molecule has 1 aliphatic heterocycles. The van der Waals surface area contributed by atoms with Crippen LogP contribution in [-0.4, -0.2) is 22.9 Å². The van der Waals surface area contributed by atoms with E-state index in [9.17, 15) is 4.79 Å². The van der Waals surface area contributed by atoms with Gasteiger partial charge in [0.1, 0.15) is 5.15 Å². The Morgan fingerprint density at radius 3 is 2.84 bits per heavy atom. The molecule has 0 bridgehead atoms. The normalized spacial score (nSPS) is 23.8. The van der Waals surface area contributed by atoms with E-state index in [1.165, 1.54) is 25.7 Å². The first kappa shape index (κ1) is 12.9. The van der Waals surface area contributed by atoms with Gasteiger partial charge in [-0.2, -0.15) is 0 Å². The van der Waals surface area contributed by atoms with Crippen molar-refractivity contribution in [2.24, 2.45) is 0 Å². The van der Waals surface area contributed by atoms with Crippen LogP contribution in [0.3, 0.4) is 0 Å². The molecule has 0 aromatic carbocycles. The second-order valence-electron chi connectivity index (χ2n) is 5.55. The summed E-state index contributed by atoms with van der Waals surface area (Å²) in [6.07, 6.45) is 8.03. The molecule has 0 saturated heterocycles. The van der Waals surface area contributed by atoms with E-state index in [0.717, 1.165) is 17.7 Å². The van der Waals surface area contributed by atoms with Gasteiger partial charge in [-0.3, -0.25) is 4.79 Å². The summed E-state index contributed by atoms with van der Waals surface area (Å²) in [5, 5.41) is 0.519. The van der Waals surface area contributed by atoms with Crippen molar-refractivity contribution < 1.29 is 4.79 Å². The van der Waals surface area contributed by atoms with Crippen molar-refractivity contribution in [2.45, 2.75) is 57.5 Å². The van der Waals surface area contributed by atoms with E-state index in [4.69, 9.17) is 11.6 Å². The van der Waals surface area contributed by atoms with E-state index < -0.39 is 0 Å². The Balaban J connectivity index is 2.05. The van der Waals surface area contributed by atoms with Crippen LogP contribution in [0, 0.1) is 0 Å². The lowest BCUT2D eigenvalue weighted by Crippen LogP contribution is -2.50. The molecule has 0 amide bonds. The summed E-state index contributed by atoms with van der Waals surface area (Å²) in [5.41, 5.74) is 2.17. The van der Waals surface area contributed by atoms with Crippen molar-refractivity contribution in [2.75, 3.05) is 4.90 Å². The summed E-state index contributed by atoms with van der Waals surface area (Å²) in [5.74, 6) is 0.325. The van der Waals surface area contributed by atoms with E-state index >= 15 is 0 Å². The van der Waals surface area contributed by atoms with Gasteiger partial charge in [0.15, 0.2) is 5.78 Å². The molecule has 2 heterocycles. The van der Waals surface area contributed by atoms with Crippen LogP contribution >= 0.6 is 11.6 Å². The molecule has 1 atom stereocenters. The van der Waals surface area contributed by atoms with Gasteiger partial charge in [0, 0.05) is 29.9 Å². The molecule has 2 aliphatic rings. The number of pyridine rings is 1. The van der Waals surface area contributed by atoms with Gasteiger partial charge in [-0.1, -0.05) is 31.4 Å². The number of halogens is 1. The number of Topliss-reactive ketones (excluding diaryl/α,β-unsaturated/α-hetero) is 1. The maximum absolute atomic E-state index is 12.3. The summed E-state index contributed by atoms with van der Waals surface area (Å²) in [7, 11) is 0. The number of hydrogen-bond acceptors (Lipinski definition) is 3. The molecule has 102 valence electrons. The fraction of sp³-hybridized carbons (Fsp3) is 0.600. The van der Waals surface area contributed by atoms with Gasteiger partial charge in [-0.05, 0) is 25.3 Å². The molecule has 19 heavy (non-hydrogen) atoms. The largest absolute Gasteiger partial charge is 0.358 e. The van der Waals surface area contributed by atoms with Gasteiger partial charge in [0.2, 0.25) is 0 Å². The summed E-state index contributed by atoms with van der Waals surface area (Å²) in [4.78, 5) is 18.8. The standard InChI is InChI=1S/C15H19ClN2O/c1-2-12-14(19)7-10-9-17-15(16)8-13(10)18(12)11-5-3-4-6-11/h8-9,11-12H,2-7H2,1H3/t12-/m1/s1. The Morgan fingerprint density at radius 2 is 2.16 bits per heavy atom. The van der Waals surface area contributed by atoms with Crippen LogP contribution in [0.1, 0.15) is 44.6 Å². The average molecular weight is 279 g/mol. The lowest BCUT2D eigenvalue weighted by atomic mass is 9.92. The van der Waals surface area contributed by atoms with Gasteiger partial charge < -0.3 is 4.90 Å². The molecule has 3 nitrogen and oxygen atoms in total. The smallest absolute Gasteiger partial charge is 0.159 e. The second-order valence-corrected chi connectivity index (χ2v) is 5.94. The molecule has 0 N–H and O–H groups in total. The minimum absolute atomic E-state index is 0.0223. The Hall–Kier alpha value is -1.09. The zero-order valence-electron chi connectivity index (χ0n) is 11.2. The van der Waals surface area contributed by atoms with Gasteiger partial charge in [-0.25, -0.2) is 4.98 Å². The maximum atomic E-state index is 12.3. The van der Waals surface area contributed by atoms with Crippen molar-refractivity contribution in [3.05, 3.63) is 23.0 Å². The van der Waals surface area contributed by atoms with Gasteiger partial charge >= 0.3 is 0 Å². The molecule has 0 unspecified atom stereocenters. The minimum atomic E-state index is 0.0223. The lowest BCUT2D eigenvalue weighted by Gasteiger charge is -2.41. The molecule has 1 saturated carbocycles. The highest BCUT2D eigenvalue weighted by Crippen LogP contribution is 2.37. The molecule has 4 heteroatoms. The monoisotopic (exact) mass is 278 g/mol. The van der Waals surface area contributed by atoms with Crippen LogP contribution in [0.4, 0.5) is 5.69 Å². The lowest BCUT2D eigenvalue weighted by molar-refractivity contribution is -0.120. The Morgan fingerprint density at radius 1 is 1.42 bits per heavy atom. The maximum Gasteiger partial charge on any atom is 0.159 e. The zero-order chi connectivity index (χ0) is 13.4. The van der Waals surface area contributed by atoms with Gasteiger partial charge in [0.25, 0.3) is 0 Å². The summed E-state index contributed by atoms with van der Waals surface area (Å²) >= 11 is 6.05. The molecule has 0 spiro atoms. The molecular weight excluding hydrogens is 260 g/mol. The Labute approximate surface area is 119 Å². The zero-order valence-corrected chi connectivity index (χ0v) is 12.0. The third-order valence-corrected chi connectivity index (χ3v) is 4.59. The predicted octanol–water partition coefficient (Wildman–Crippen LogP) is 3.39. The van der Waals surface area contributed by atoms with E-state index in [1.54, 1.807) is 6.20 Å². The number of fused-ring (bicyclic) bond motifs is 1. The number of hydrogen-bond donors (Lipinski definition) is 0. The number of nitrogens with zero attached hydrogens (tertiary/aromatic N) is 2. The average Bonchev–Trinajstić information content (AvgIpc) is 2.91. The highest BCUT2D eigenvalue weighted by Gasteiger charge is 2.37. The fourth-order valence-corrected chi connectivity index (χ4v) is 3.66. The number of carbonyl (C=O) groups excluding carboxylic acids is 1. The molecule has 3 rings (SSSR count). The topological polar surface area (TPSA) is 33.2 Å². The predicted molar refractivity (Wildman–Crippen MR) is 76.8 cm³/mol. The number of aromatic nitrogens is 1. The first-order valence-electron chi connectivity index (χ1n) is 7.16. The van der Waals surface area contributed by atoms with Crippen LogP contribution in [0.25, 0.3) is 0 Å². The van der Waals surface area contributed by atoms with E-state index in [0.29, 0.717) is 23.4 Å². The third kappa shape index (κ3) is 2.25. The van der Waals surface area contributed by atoms with Gasteiger partial charge in [0.05, 0.1) is 6.04 Å². The number of anilines is 1. The van der Waals surface area contributed by atoms with Crippen LogP contribution in [0.2, 0.25) is 5.15 Å². The van der Waals surface area contributed by atoms with E-state index in [2.05, 4.69) is 16.8 Å². The van der Waals surface area contributed by atoms with Crippen molar-refractivity contribution >= 4 is 23.1 Å². The third-order valence-electron chi connectivity index (χ3n) is 4.38. The van der Waals surface area contributed by atoms with Crippen LogP contribution in [0.5, 0.6) is 0 Å². The summed E-state index contributed by atoms with van der Waals surface area (Å²) < 4.78 is 0. The molecule has 1 aliphatic carbocycles. The fourth-order valence-electron chi connectivity index (χ4n) is 3.51. The quantitative estimate of drug-likeness (QED) is 0.778. The van der Waals surface area contributed by atoms with Crippen LogP contribution in [0.15, 0.2) is 12.3 Å². The highest BCUT2D eigenvalue weighted by atomic mass is 35.5. The SMILES string of the molecule is CC[C@@H]1C(=O)Cc2cnc(Cl)cc2N1C1CCCC1. The molecule has 1 fully saturated rings. The minimum Gasteiger partial charge on any atom is -0.358 e. The highest BCUT2D eigenvalue weighted by molar-refractivity contribution is 6.29. The number of rotatable bonds is 2. The summed E-state index contributed by atoms with van der Waals surface area (Å²) in [6.45, 7) is 2.10. The van der Waals surface area contributed by atoms with Crippen molar-refractivity contribution in [1.82, 2.24) is 4.98 Å². The first-order chi connectivity index (χ1) is 9.20. The van der Waals surface area contributed by atoms with Crippen LogP contribution in [-0.2, 0) is 11.2 Å². The molecule has 0 radical (unpaired) electrons. The second kappa shape index (κ2) is 5.12. The Bertz CT molecular complexity index is 497. The molecule has 1 aromatic rings. The van der Waals surface area contributed by atoms with Crippen molar-refractivity contribution in [1.29, 1.82) is 0 Å². The Kier molecular flexibility index (Phi) is 3.48. The first-order valence-corrected chi connectivity index (χ1v) is 7.54. The van der Waals surface area contributed by atoms with Crippen LogP contribution < -0.4 is 4.90 Å². The van der Waals surface area contributed by atoms with E-state index in [1.807, 2.05) is 6.07 Å². The number of ketones is 1. The van der Waals surface area contributed by atoms with Gasteiger partial charge in [-0.15, -0.1) is 0 Å².